The molecule has 10 heteroatoms. The molecule has 214 valence electrons. The highest BCUT2D eigenvalue weighted by Gasteiger charge is 2.31. The Hall–Kier alpha value is -1.95. The first-order valence-electron chi connectivity index (χ1n) is 13.3. The summed E-state index contributed by atoms with van der Waals surface area (Å²) in [5.74, 6) is 0.693. The molecule has 0 aromatic heterocycles. The van der Waals surface area contributed by atoms with Gasteiger partial charge in [0.15, 0.2) is 11.5 Å². The standard InChI is InChI=1S/C27H48N2O8/c1-7-33-18-14-28(15-19-34-8-2)22-23(29(16-20-35-9-3)17-21-36-10-4)27(30)37-26-24(31-5)12-11-13-25(26)32-6/h11-13,23H,7-10,14-22H2,1-6H3. The number of carbonyl (C=O) groups is 1. The molecule has 0 amide bonds. The fourth-order valence-electron chi connectivity index (χ4n) is 3.72. The van der Waals surface area contributed by atoms with Gasteiger partial charge in [-0.05, 0) is 39.8 Å². The lowest BCUT2D eigenvalue weighted by molar-refractivity contribution is -0.142. The fraction of sp³-hybridized carbons (Fsp3) is 0.741. The summed E-state index contributed by atoms with van der Waals surface area (Å²) in [6, 6.07) is 4.65. The van der Waals surface area contributed by atoms with Crippen molar-refractivity contribution in [1.82, 2.24) is 9.80 Å². The van der Waals surface area contributed by atoms with Crippen LogP contribution in [0.25, 0.3) is 0 Å². The minimum atomic E-state index is -0.598. The lowest BCUT2D eigenvalue weighted by Gasteiger charge is -2.34. The van der Waals surface area contributed by atoms with Crippen LogP contribution in [-0.4, -0.2) is 122 Å². The maximum atomic E-state index is 13.8. The number of para-hydroxylation sites is 1. The molecule has 0 fully saturated rings. The predicted octanol–water partition coefficient (Wildman–Crippen LogP) is 2.73. The molecule has 1 aromatic rings. The zero-order valence-electron chi connectivity index (χ0n) is 23.7. The SMILES string of the molecule is CCOCCN(CCOCC)CC(C(=O)Oc1c(OC)cccc1OC)N(CCOCC)CCOCC. The van der Waals surface area contributed by atoms with E-state index >= 15 is 0 Å². The monoisotopic (exact) mass is 528 g/mol. The Morgan fingerprint density at radius 2 is 1.16 bits per heavy atom. The Bertz CT molecular complexity index is 679. The van der Waals surface area contributed by atoms with E-state index in [4.69, 9.17) is 33.2 Å². The van der Waals surface area contributed by atoms with Crippen molar-refractivity contribution in [3.05, 3.63) is 18.2 Å². The summed E-state index contributed by atoms with van der Waals surface area (Å²) in [5.41, 5.74) is 0. The van der Waals surface area contributed by atoms with Crippen LogP contribution in [0.4, 0.5) is 0 Å². The van der Waals surface area contributed by atoms with Crippen LogP contribution >= 0.6 is 0 Å². The van der Waals surface area contributed by atoms with Crippen LogP contribution in [-0.2, 0) is 23.7 Å². The molecule has 0 heterocycles. The predicted molar refractivity (Wildman–Crippen MR) is 143 cm³/mol. The molecule has 0 N–H and O–H groups in total. The van der Waals surface area contributed by atoms with Crippen molar-refractivity contribution < 1.29 is 38.0 Å². The van der Waals surface area contributed by atoms with E-state index in [9.17, 15) is 4.79 Å². The third-order valence-corrected chi connectivity index (χ3v) is 5.70. The van der Waals surface area contributed by atoms with E-state index in [1.165, 1.54) is 14.2 Å². The summed E-state index contributed by atoms with van der Waals surface area (Å²) in [5, 5.41) is 0. The van der Waals surface area contributed by atoms with Gasteiger partial charge in [-0.3, -0.25) is 9.80 Å². The largest absolute Gasteiger partial charge is 0.493 e. The number of methoxy groups -OCH3 is 2. The van der Waals surface area contributed by atoms with Crippen LogP contribution in [0.3, 0.4) is 0 Å². The molecule has 0 radical (unpaired) electrons. The fourth-order valence-corrected chi connectivity index (χ4v) is 3.72. The first-order valence-corrected chi connectivity index (χ1v) is 13.3. The summed E-state index contributed by atoms with van der Waals surface area (Å²) in [6.07, 6.45) is 0. The molecule has 0 aliphatic heterocycles. The molecule has 10 nitrogen and oxygen atoms in total. The molecule has 1 aromatic carbocycles. The van der Waals surface area contributed by atoms with E-state index < -0.39 is 12.0 Å². The Labute approximate surface area is 223 Å². The molecule has 37 heavy (non-hydrogen) atoms. The van der Waals surface area contributed by atoms with Gasteiger partial charge in [0.05, 0.1) is 40.6 Å². The highest BCUT2D eigenvalue weighted by Crippen LogP contribution is 2.37. The van der Waals surface area contributed by atoms with Gasteiger partial charge in [-0.25, -0.2) is 4.79 Å². The number of hydrogen-bond acceptors (Lipinski definition) is 10. The highest BCUT2D eigenvalue weighted by molar-refractivity contribution is 5.80. The maximum Gasteiger partial charge on any atom is 0.330 e. The lowest BCUT2D eigenvalue weighted by atomic mass is 10.2. The molecule has 0 saturated carbocycles. The van der Waals surface area contributed by atoms with Crippen LogP contribution in [0.1, 0.15) is 27.7 Å². The van der Waals surface area contributed by atoms with Crippen LogP contribution in [0, 0.1) is 0 Å². The van der Waals surface area contributed by atoms with Crippen molar-refractivity contribution >= 4 is 5.97 Å². The van der Waals surface area contributed by atoms with Gasteiger partial charge in [-0.2, -0.15) is 0 Å². The quantitative estimate of drug-likeness (QED) is 0.120. The van der Waals surface area contributed by atoms with E-state index in [1.807, 2.05) is 27.7 Å². The molecule has 0 spiro atoms. The molecule has 0 saturated heterocycles. The Kier molecular flexibility index (Phi) is 18.8. The lowest BCUT2D eigenvalue weighted by Crippen LogP contribution is -2.53. The van der Waals surface area contributed by atoms with Gasteiger partial charge >= 0.3 is 5.97 Å². The number of benzene rings is 1. The highest BCUT2D eigenvalue weighted by atomic mass is 16.6. The molecule has 1 unspecified atom stereocenters. The van der Waals surface area contributed by atoms with Crippen molar-refractivity contribution in [2.24, 2.45) is 0 Å². The zero-order valence-corrected chi connectivity index (χ0v) is 23.7. The summed E-state index contributed by atoms with van der Waals surface area (Å²) in [4.78, 5) is 18.0. The second-order valence-corrected chi connectivity index (χ2v) is 8.05. The number of esters is 1. The van der Waals surface area contributed by atoms with E-state index in [-0.39, 0.29) is 5.75 Å². The summed E-state index contributed by atoms with van der Waals surface area (Å²) in [6.45, 7) is 15.2. The first-order chi connectivity index (χ1) is 18.1. The number of rotatable bonds is 23. The van der Waals surface area contributed by atoms with E-state index in [0.29, 0.717) is 97.1 Å². The molecule has 1 rings (SSSR count). The van der Waals surface area contributed by atoms with Crippen molar-refractivity contribution in [1.29, 1.82) is 0 Å². The van der Waals surface area contributed by atoms with E-state index in [0.717, 1.165) is 0 Å². The Morgan fingerprint density at radius 1 is 0.730 bits per heavy atom. The van der Waals surface area contributed by atoms with Crippen molar-refractivity contribution in [2.45, 2.75) is 33.7 Å². The van der Waals surface area contributed by atoms with Gasteiger partial charge in [0, 0.05) is 59.2 Å². The third kappa shape index (κ3) is 12.9. The number of nitrogens with zero attached hydrogens (tertiary/aromatic N) is 2. The smallest absolute Gasteiger partial charge is 0.330 e. The van der Waals surface area contributed by atoms with E-state index in [1.54, 1.807) is 18.2 Å². The second kappa shape index (κ2) is 21.0. The average molecular weight is 529 g/mol. The van der Waals surface area contributed by atoms with Gasteiger partial charge in [-0.15, -0.1) is 0 Å². The average Bonchev–Trinajstić information content (AvgIpc) is 2.91. The molecular formula is C27H48N2O8. The van der Waals surface area contributed by atoms with Gasteiger partial charge in [0.2, 0.25) is 5.75 Å². The number of carbonyl (C=O) groups excluding carboxylic acids is 1. The molecule has 0 aliphatic rings. The molecule has 1 atom stereocenters. The molecular weight excluding hydrogens is 480 g/mol. The maximum absolute atomic E-state index is 13.8. The summed E-state index contributed by atoms with van der Waals surface area (Å²) in [7, 11) is 3.06. The minimum absolute atomic E-state index is 0.257. The van der Waals surface area contributed by atoms with Gasteiger partial charge in [0.25, 0.3) is 0 Å². The van der Waals surface area contributed by atoms with Crippen molar-refractivity contribution in [2.75, 3.05) is 99.8 Å². The van der Waals surface area contributed by atoms with Crippen LogP contribution in [0.2, 0.25) is 0 Å². The van der Waals surface area contributed by atoms with Crippen molar-refractivity contribution in [3.8, 4) is 17.2 Å². The second-order valence-electron chi connectivity index (χ2n) is 8.05. The van der Waals surface area contributed by atoms with Gasteiger partial charge < -0.3 is 33.2 Å². The zero-order chi connectivity index (χ0) is 27.3. The minimum Gasteiger partial charge on any atom is -0.493 e. The number of hydrogen-bond donors (Lipinski definition) is 0. The number of ether oxygens (including phenoxy) is 7. The van der Waals surface area contributed by atoms with Crippen LogP contribution in [0.5, 0.6) is 17.2 Å². The topological polar surface area (TPSA) is 88.2 Å². The first kappa shape index (κ1) is 33.1. The van der Waals surface area contributed by atoms with Crippen molar-refractivity contribution in [3.63, 3.8) is 0 Å². The molecule has 0 aliphatic carbocycles. The Morgan fingerprint density at radius 3 is 1.57 bits per heavy atom. The molecule has 0 bridgehead atoms. The van der Waals surface area contributed by atoms with Gasteiger partial charge in [-0.1, -0.05) is 6.07 Å². The van der Waals surface area contributed by atoms with E-state index in [2.05, 4.69) is 9.80 Å². The normalized spacial score (nSPS) is 12.2. The third-order valence-electron chi connectivity index (χ3n) is 5.70. The Balaban J connectivity index is 3.27. The summed E-state index contributed by atoms with van der Waals surface area (Å²) >= 11 is 0. The van der Waals surface area contributed by atoms with Gasteiger partial charge in [0.1, 0.15) is 6.04 Å². The summed E-state index contributed by atoms with van der Waals surface area (Å²) < 4.78 is 39.3. The van der Waals surface area contributed by atoms with Crippen LogP contribution < -0.4 is 14.2 Å². The van der Waals surface area contributed by atoms with Crippen LogP contribution in [0.15, 0.2) is 18.2 Å².